The van der Waals surface area contributed by atoms with Crippen molar-refractivity contribution in [3.8, 4) is 0 Å². The second kappa shape index (κ2) is 7.08. The molecule has 1 N–H and O–H groups in total. The molecule has 2 saturated heterocycles. The van der Waals surface area contributed by atoms with E-state index in [9.17, 15) is 14.0 Å². The summed E-state index contributed by atoms with van der Waals surface area (Å²) in [5.74, 6) is -0.484. The van der Waals surface area contributed by atoms with Gasteiger partial charge in [-0.25, -0.2) is 4.39 Å². The summed E-state index contributed by atoms with van der Waals surface area (Å²) in [6.07, 6.45) is 2.93. The lowest BCUT2D eigenvalue weighted by Crippen LogP contribution is -2.49. The quantitative estimate of drug-likeness (QED) is 0.923. The third-order valence-electron chi connectivity index (χ3n) is 4.45. The number of nitrogens with one attached hydrogen (secondary N) is 1. The van der Waals surface area contributed by atoms with Crippen molar-refractivity contribution in [2.24, 2.45) is 0 Å². The minimum absolute atomic E-state index is 0.0427. The van der Waals surface area contributed by atoms with Crippen LogP contribution in [0.1, 0.15) is 36.0 Å². The fourth-order valence-electron chi connectivity index (χ4n) is 3.09. The molecule has 124 valence electrons. The molecular weight excluding hydrogens is 299 g/mol. The maximum Gasteiger partial charge on any atom is 0.251 e. The Morgan fingerprint density at radius 2 is 1.83 bits per heavy atom. The number of amides is 2. The van der Waals surface area contributed by atoms with E-state index in [1.807, 2.05) is 4.90 Å². The van der Waals surface area contributed by atoms with Crippen LogP contribution < -0.4 is 5.32 Å². The number of likely N-dealkylation sites (tertiary alicyclic amines) is 1. The molecular formula is C17H21FN2O3. The Kier molecular flexibility index (Phi) is 4.91. The first kappa shape index (κ1) is 15.9. The van der Waals surface area contributed by atoms with Gasteiger partial charge in [-0.3, -0.25) is 9.59 Å². The van der Waals surface area contributed by atoms with Crippen molar-refractivity contribution >= 4 is 11.8 Å². The van der Waals surface area contributed by atoms with Crippen LogP contribution in [-0.2, 0) is 9.53 Å². The Morgan fingerprint density at radius 3 is 2.43 bits per heavy atom. The number of carbonyl (C=O) groups is 2. The van der Waals surface area contributed by atoms with Crippen LogP contribution in [0.5, 0.6) is 0 Å². The van der Waals surface area contributed by atoms with Gasteiger partial charge in [0, 0.05) is 31.3 Å². The number of nitrogens with zero attached hydrogens (tertiary/aromatic N) is 1. The SMILES string of the molecule is O=C(NC1CCN(C(=O)[C@@H]2CCCO2)CC1)c1ccc(F)cc1. The Labute approximate surface area is 134 Å². The highest BCUT2D eigenvalue weighted by Crippen LogP contribution is 2.18. The summed E-state index contributed by atoms with van der Waals surface area (Å²) in [6.45, 7) is 1.93. The first-order chi connectivity index (χ1) is 11.1. The van der Waals surface area contributed by atoms with Crippen LogP contribution in [-0.4, -0.2) is 48.6 Å². The van der Waals surface area contributed by atoms with Crippen molar-refractivity contribution < 1.29 is 18.7 Å². The molecule has 2 fully saturated rings. The number of hydrogen-bond donors (Lipinski definition) is 1. The third kappa shape index (κ3) is 3.88. The molecule has 0 bridgehead atoms. The predicted octanol–water partition coefficient (Wildman–Crippen LogP) is 1.73. The lowest BCUT2D eigenvalue weighted by Gasteiger charge is -2.33. The minimum Gasteiger partial charge on any atom is -0.368 e. The molecule has 0 aliphatic carbocycles. The molecule has 0 unspecified atom stereocenters. The highest BCUT2D eigenvalue weighted by Gasteiger charge is 2.31. The van der Waals surface area contributed by atoms with E-state index in [1.165, 1.54) is 24.3 Å². The van der Waals surface area contributed by atoms with Crippen LogP contribution in [0.3, 0.4) is 0 Å². The summed E-state index contributed by atoms with van der Waals surface area (Å²) in [6, 6.07) is 5.54. The molecule has 0 aromatic heterocycles. The standard InChI is InChI=1S/C17H21FN2O3/c18-13-5-3-12(4-6-13)16(21)19-14-7-9-20(10-8-14)17(22)15-2-1-11-23-15/h3-6,14-15H,1-2,7-11H2,(H,19,21)/t15-/m0/s1. The van der Waals surface area contributed by atoms with E-state index in [1.54, 1.807) is 0 Å². The van der Waals surface area contributed by atoms with Gasteiger partial charge in [0.15, 0.2) is 0 Å². The fraction of sp³-hybridized carbons (Fsp3) is 0.529. The van der Waals surface area contributed by atoms with Gasteiger partial charge in [0.25, 0.3) is 11.8 Å². The van der Waals surface area contributed by atoms with Gasteiger partial charge < -0.3 is 15.0 Å². The summed E-state index contributed by atoms with van der Waals surface area (Å²) >= 11 is 0. The number of carbonyl (C=O) groups excluding carboxylic acids is 2. The zero-order valence-electron chi connectivity index (χ0n) is 13.0. The second-order valence-corrected chi connectivity index (χ2v) is 6.08. The Bertz CT molecular complexity index is 562. The number of rotatable bonds is 3. The van der Waals surface area contributed by atoms with Gasteiger partial charge in [0.2, 0.25) is 0 Å². The molecule has 23 heavy (non-hydrogen) atoms. The highest BCUT2D eigenvalue weighted by atomic mass is 19.1. The molecule has 1 aromatic carbocycles. The van der Waals surface area contributed by atoms with Gasteiger partial charge in [-0.1, -0.05) is 0 Å². The van der Waals surface area contributed by atoms with E-state index in [0.717, 1.165) is 25.7 Å². The fourth-order valence-corrected chi connectivity index (χ4v) is 3.09. The Hall–Kier alpha value is -1.95. The van der Waals surface area contributed by atoms with Gasteiger partial charge in [-0.15, -0.1) is 0 Å². The maximum atomic E-state index is 12.9. The number of halogens is 1. The molecule has 6 heteroatoms. The molecule has 2 amide bonds. The van der Waals surface area contributed by atoms with Crippen molar-refractivity contribution in [2.45, 2.75) is 37.8 Å². The molecule has 3 rings (SSSR count). The third-order valence-corrected chi connectivity index (χ3v) is 4.45. The van der Waals surface area contributed by atoms with E-state index in [4.69, 9.17) is 4.74 Å². The van der Waals surface area contributed by atoms with E-state index in [2.05, 4.69) is 5.32 Å². The monoisotopic (exact) mass is 320 g/mol. The van der Waals surface area contributed by atoms with Gasteiger partial charge in [-0.2, -0.15) is 0 Å². The molecule has 0 radical (unpaired) electrons. The van der Waals surface area contributed by atoms with Crippen molar-refractivity contribution in [2.75, 3.05) is 19.7 Å². The lowest BCUT2D eigenvalue weighted by molar-refractivity contribution is -0.142. The minimum atomic E-state index is -0.359. The van der Waals surface area contributed by atoms with Crippen molar-refractivity contribution in [3.63, 3.8) is 0 Å². The van der Waals surface area contributed by atoms with E-state index in [-0.39, 0.29) is 29.8 Å². The summed E-state index contributed by atoms with van der Waals surface area (Å²) < 4.78 is 18.3. The summed E-state index contributed by atoms with van der Waals surface area (Å²) in [4.78, 5) is 26.2. The van der Waals surface area contributed by atoms with Crippen LogP contribution in [0.15, 0.2) is 24.3 Å². The summed E-state index contributed by atoms with van der Waals surface area (Å²) in [7, 11) is 0. The van der Waals surface area contributed by atoms with Gasteiger partial charge in [0.05, 0.1) is 0 Å². The van der Waals surface area contributed by atoms with Crippen LogP contribution >= 0.6 is 0 Å². The average molecular weight is 320 g/mol. The van der Waals surface area contributed by atoms with Crippen LogP contribution in [0, 0.1) is 5.82 Å². The predicted molar refractivity (Wildman–Crippen MR) is 82.4 cm³/mol. The number of ether oxygens (including phenoxy) is 1. The molecule has 2 heterocycles. The first-order valence-corrected chi connectivity index (χ1v) is 8.10. The molecule has 5 nitrogen and oxygen atoms in total. The average Bonchev–Trinajstić information content (AvgIpc) is 3.10. The van der Waals surface area contributed by atoms with Gasteiger partial charge >= 0.3 is 0 Å². The van der Waals surface area contributed by atoms with Crippen molar-refractivity contribution in [1.82, 2.24) is 10.2 Å². The molecule has 1 atom stereocenters. The molecule has 0 saturated carbocycles. The van der Waals surface area contributed by atoms with Crippen molar-refractivity contribution in [3.05, 3.63) is 35.6 Å². The van der Waals surface area contributed by atoms with Crippen LogP contribution in [0.4, 0.5) is 4.39 Å². The zero-order valence-corrected chi connectivity index (χ0v) is 13.0. The Balaban J connectivity index is 1.48. The zero-order chi connectivity index (χ0) is 16.2. The topological polar surface area (TPSA) is 58.6 Å². The van der Waals surface area contributed by atoms with E-state index >= 15 is 0 Å². The van der Waals surface area contributed by atoms with E-state index in [0.29, 0.717) is 25.3 Å². The molecule has 1 aromatic rings. The second-order valence-electron chi connectivity index (χ2n) is 6.08. The summed E-state index contributed by atoms with van der Waals surface area (Å²) in [5, 5.41) is 2.95. The van der Waals surface area contributed by atoms with Gasteiger partial charge in [-0.05, 0) is 49.9 Å². The highest BCUT2D eigenvalue weighted by molar-refractivity contribution is 5.94. The molecule has 2 aliphatic heterocycles. The normalized spacial score (nSPS) is 22.1. The smallest absolute Gasteiger partial charge is 0.251 e. The lowest BCUT2D eigenvalue weighted by atomic mass is 10.0. The first-order valence-electron chi connectivity index (χ1n) is 8.10. The summed E-state index contributed by atoms with van der Waals surface area (Å²) in [5.41, 5.74) is 0.448. The maximum absolute atomic E-state index is 12.9. The number of benzene rings is 1. The Morgan fingerprint density at radius 1 is 1.13 bits per heavy atom. The van der Waals surface area contributed by atoms with Crippen LogP contribution in [0.2, 0.25) is 0 Å². The van der Waals surface area contributed by atoms with E-state index < -0.39 is 0 Å². The molecule has 0 spiro atoms. The van der Waals surface area contributed by atoms with Crippen LogP contribution in [0.25, 0.3) is 0 Å². The largest absolute Gasteiger partial charge is 0.368 e. The molecule has 2 aliphatic rings. The number of piperidine rings is 1. The van der Waals surface area contributed by atoms with Crippen molar-refractivity contribution in [1.29, 1.82) is 0 Å². The van der Waals surface area contributed by atoms with Gasteiger partial charge in [0.1, 0.15) is 11.9 Å². The number of hydrogen-bond acceptors (Lipinski definition) is 3.